The third-order valence-electron chi connectivity index (χ3n) is 11.3. The van der Waals surface area contributed by atoms with E-state index in [0.29, 0.717) is 12.8 Å². The van der Waals surface area contributed by atoms with Crippen molar-refractivity contribution in [1.82, 2.24) is 0 Å². The van der Waals surface area contributed by atoms with Gasteiger partial charge in [-0.1, -0.05) is 198 Å². The van der Waals surface area contributed by atoms with Gasteiger partial charge in [-0.2, -0.15) is 0 Å². The molecule has 2 atom stereocenters. The number of unbranched alkanes of at least 4 members (excludes halogenated alkanes) is 25. The van der Waals surface area contributed by atoms with Crippen LogP contribution in [0.3, 0.4) is 0 Å². The van der Waals surface area contributed by atoms with E-state index in [1.807, 2.05) is 0 Å². The van der Waals surface area contributed by atoms with Crippen LogP contribution in [0.1, 0.15) is 226 Å². The first-order valence-corrected chi connectivity index (χ1v) is 25.0. The molecule has 0 heterocycles. The first-order chi connectivity index (χ1) is 29.1. The van der Waals surface area contributed by atoms with Crippen LogP contribution < -0.4 is 5.11 Å². The van der Waals surface area contributed by atoms with Gasteiger partial charge in [0.2, 0.25) is 0 Å². The average molecular weight is 846 g/mol. The minimum Gasteiger partial charge on any atom is -0.544 e. The van der Waals surface area contributed by atoms with Crippen molar-refractivity contribution in [2.45, 2.75) is 238 Å². The van der Waals surface area contributed by atoms with Crippen LogP contribution in [0.5, 0.6) is 0 Å². The summed E-state index contributed by atoms with van der Waals surface area (Å²) in [6, 6.07) is -0.724. The summed E-state index contributed by atoms with van der Waals surface area (Å²) in [7, 11) is 5.42. The Bertz CT molecular complexity index is 1080. The molecule has 2 unspecified atom stereocenters. The molecule has 0 aliphatic heterocycles. The molecule has 0 saturated heterocycles. The molecule has 0 N–H and O–H groups in total. The van der Waals surface area contributed by atoms with Gasteiger partial charge in [0.1, 0.15) is 12.6 Å². The van der Waals surface area contributed by atoms with Gasteiger partial charge < -0.3 is 28.6 Å². The van der Waals surface area contributed by atoms with Gasteiger partial charge in [-0.05, 0) is 44.9 Å². The summed E-state index contributed by atoms with van der Waals surface area (Å²) in [6.07, 6.45) is 50.2. The second-order valence-corrected chi connectivity index (χ2v) is 18.0. The number of likely N-dealkylation sites (N-methyl/N-ethyl adjacent to an activating group) is 1. The van der Waals surface area contributed by atoms with E-state index < -0.39 is 18.1 Å². The molecule has 350 valence electrons. The lowest BCUT2D eigenvalue weighted by Crippen LogP contribution is -2.55. The molecule has 0 aromatic carbocycles. The van der Waals surface area contributed by atoms with Crippen LogP contribution in [0.2, 0.25) is 0 Å². The van der Waals surface area contributed by atoms with Crippen molar-refractivity contribution in [3.05, 3.63) is 36.5 Å². The summed E-state index contributed by atoms with van der Waals surface area (Å²) < 4.78 is 17.2. The number of carboxylic acids is 1. The SMILES string of the molecule is CC/C=C/C/C=C/C/C=C/CCCCCCCCCCCCCC(=O)OC(COCCC(C(=O)[O-])[N+](C)(C)C)COC(=O)CCCCCCCCCCCCCCCCC. The van der Waals surface area contributed by atoms with Crippen molar-refractivity contribution in [1.29, 1.82) is 0 Å². The molecule has 0 radical (unpaired) electrons. The van der Waals surface area contributed by atoms with Crippen molar-refractivity contribution < 1.29 is 38.2 Å². The van der Waals surface area contributed by atoms with Crippen LogP contribution in [0.4, 0.5) is 0 Å². The van der Waals surface area contributed by atoms with Crippen LogP contribution in [-0.2, 0) is 28.6 Å². The number of allylic oxidation sites excluding steroid dienone is 6. The van der Waals surface area contributed by atoms with Crippen molar-refractivity contribution >= 4 is 17.9 Å². The molecule has 0 bridgehead atoms. The minimum absolute atomic E-state index is 0.0430. The third-order valence-corrected chi connectivity index (χ3v) is 11.3. The second-order valence-electron chi connectivity index (χ2n) is 18.0. The molecule has 0 aromatic heterocycles. The second kappa shape index (κ2) is 43.2. The van der Waals surface area contributed by atoms with E-state index in [0.717, 1.165) is 57.8 Å². The Kier molecular flexibility index (Phi) is 41.4. The van der Waals surface area contributed by atoms with Crippen LogP contribution in [0.25, 0.3) is 0 Å². The fourth-order valence-electron chi connectivity index (χ4n) is 7.44. The highest BCUT2D eigenvalue weighted by molar-refractivity contribution is 5.70. The Hall–Kier alpha value is -2.45. The number of nitrogens with zero attached hydrogens (tertiary/aromatic N) is 1. The van der Waals surface area contributed by atoms with Gasteiger partial charge in [-0.25, -0.2) is 0 Å². The number of carbonyl (C=O) groups excluding carboxylic acids is 3. The van der Waals surface area contributed by atoms with Crippen LogP contribution in [0, 0.1) is 0 Å². The maximum absolute atomic E-state index is 12.8. The average Bonchev–Trinajstić information content (AvgIpc) is 3.21. The molecule has 0 aliphatic rings. The summed E-state index contributed by atoms with van der Waals surface area (Å²) in [4.78, 5) is 37.0. The van der Waals surface area contributed by atoms with Crippen molar-refractivity contribution in [3.8, 4) is 0 Å². The first kappa shape index (κ1) is 57.5. The van der Waals surface area contributed by atoms with Crippen molar-refractivity contribution in [2.24, 2.45) is 0 Å². The highest BCUT2D eigenvalue weighted by atomic mass is 16.6. The van der Waals surface area contributed by atoms with E-state index in [-0.39, 0.29) is 42.7 Å². The zero-order valence-electron chi connectivity index (χ0n) is 39.9. The molecule has 0 aliphatic carbocycles. The summed E-state index contributed by atoms with van der Waals surface area (Å²) in [5.41, 5.74) is 0. The van der Waals surface area contributed by atoms with E-state index in [2.05, 4.69) is 50.3 Å². The number of quaternary nitrogens is 1. The van der Waals surface area contributed by atoms with E-state index in [9.17, 15) is 19.5 Å². The van der Waals surface area contributed by atoms with Crippen LogP contribution >= 0.6 is 0 Å². The number of hydrogen-bond acceptors (Lipinski definition) is 7. The minimum atomic E-state index is -1.12. The molecular weight excluding hydrogens is 751 g/mol. The summed E-state index contributed by atoms with van der Waals surface area (Å²) in [5, 5.41) is 11.7. The normalized spacial score (nSPS) is 13.2. The molecule has 0 fully saturated rings. The zero-order chi connectivity index (χ0) is 44.2. The predicted octanol–water partition coefficient (Wildman–Crippen LogP) is 12.9. The maximum atomic E-state index is 12.8. The monoisotopic (exact) mass is 846 g/mol. The molecule has 8 nitrogen and oxygen atoms in total. The molecule has 0 rings (SSSR count). The van der Waals surface area contributed by atoms with Gasteiger partial charge in [0.15, 0.2) is 6.10 Å². The zero-order valence-corrected chi connectivity index (χ0v) is 39.9. The highest BCUT2D eigenvalue weighted by Crippen LogP contribution is 2.16. The Balaban J connectivity index is 4.23. The molecular formula is C52H95NO7. The van der Waals surface area contributed by atoms with Crippen molar-refractivity contribution in [3.63, 3.8) is 0 Å². The van der Waals surface area contributed by atoms with Gasteiger partial charge in [0.25, 0.3) is 0 Å². The lowest BCUT2D eigenvalue weighted by molar-refractivity contribution is -0.889. The smallest absolute Gasteiger partial charge is 0.306 e. The maximum Gasteiger partial charge on any atom is 0.306 e. The Morgan fingerprint density at radius 2 is 0.933 bits per heavy atom. The van der Waals surface area contributed by atoms with Gasteiger partial charge in [0, 0.05) is 19.3 Å². The number of carbonyl (C=O) groups is 3. The molecule has 0 spiro atoms. The third kappa shape index (κ3) is 40.9. The van der Waals surface area contributed by atoms with Gasteiger partial charge in [-0.15, -0.1) is 0 Å². The number of esters is 2. The van der Waals surface area contributed by atoms with E-state index >= 15 is 0 Å². The largest absolute Gasteiger partial charge is 0.544 e. The molecule has 8 heteroatoms. The Morgan fingerprint density at radius 1 is 0.517 bits per heavy atom. The topological polar surface area (TPSA) is 102 Å². The quantitative estimate of drug-likeness (QED) is 0.0260. The fraction of sp³-hybridized carbons (Fsp3) is 0.827. The lowest BCUT2D eigenvalue weighted by Gasteiger charge is -2.34. The first-order valence-electron chi connectivity index (χ1n) is 25.0. The summed E-state index contributed by atoms with van der Waals surface area (Å²) >= 11 is 0. The molecule has 0 aromatic rings. The number of carboxylic acid groups (broad SMARTS) is 1. The Labute approximate surface area is 370 Å². The van der Waals surface area contributed by atoms with E-state index in [1.165, 1.54) is 135 Å². The molecule has 60 heavy (non-hydrogen) atoms. The number of hydrogen-bond donors (Lipinski definition) is 0. The number of ether oxygens (including phenoxy) is 3. The summed E-state index contributed by atoms with van der Waals surface area (Å²) in [6.45, 7) is 4.58. The standard InChI is InChI=1S/C52H95NO7/c1-6-8-10-12-14-16-18-20-22-23-24-25-26-27-29-31-33-35-37-39-41-43-51(55)60-48(46-58-45-44-49(52(56)57)53(3,4)5)47-59-50(54)42-40-38-36-34-32-30-28-21-19-17-15-13-11-9-7-2/h8,10,14,16,20,22,48-49H,6-7,9,11-13,15,17-19,21,23-47H2,1-5H3/b10-8+,16-14+,22-20+. The number of aliphatic carboxylic acids is 1. The summed E-state index contributed by atoms with van der Waals surface area (Å²) in [5.74, 6) is -1.73. The van der Waals surface area contributed by atoms with Crippen molar-refractivity contribution in [2.75, 3.05) is 41.0 Å². The van der Waals surface area contributed by atoms with Crippen LogP contribution in [0.15, 0.2) is 36.5 Å². The van der Waals surface area contributed by atoms with E-state index in [1.54, 1.807) is 21.1 Å². The molecule has 0 saturated carbocycles. The van der Waals surface area contributed by atoms with Gasteiger partial charge >= 0.3 is 11.9 Å². The number of rotatable bonds is 45. The van der Waals surface area contributed by atoms with Gasteiger partial charge in [0.05, 0.1) is 40.3 Å². The van der Waals surface area contributed by atoms with Crippen LogP contribution in [-0.4, -0.2) is 75.5 Å². The molecule has 0 amide bonds. The van der Waals surface area contributed by atoms with E-state index in [4.69, 9.17) is 14.2 Å². The predicted molar refractivity (Wildman–Crippen MR) is 250 cm³/mol. The van der Waals surface area contributed by atoms with Gasteiger partial charge in [-0.3, -0.25) is 9.59 Å². The highest BCUT2D eigenvalue weighted by Gasteiger charge is 2.25. The Morgan fingerprint density at radius 3 is 1.38 bits per heavy atom. The lowest BCUT2D eigenvalue weighted by atomic mass is 10.0. The fourth-order valence-corrected chi connectivity index (χ4v) is 7.44.